The number of aliphatic hydroxyl groups is 2. The molecule has 0 radical (unpaired) electrons. The summed E-state index contributed by atoms with van der Waals surface area (Å²) in [6.45, 7) is 4.74. The fourth-order valence-corrected chi connectivity index (χ4v) is 1.81. The van der Waals surface area contributed by atoms with Gasteiger partial charge >= 0.3 is 34.2 Å². The Hall–Kier alpha value is -1.60. The van der Waals surface area contributed by atoms with E-state index >= 15 is 0 Å². The molecule has 0 amide bonds. The summed E-state index contributed by atoms with van der Waals surface area (Å²) in [5, 5.41) is 27.2. The van der Waals surface area contributed by atoms with Gasteiger partial charge in [-0.2, -0.15) is 0 Å². The first-order chi connectivity index (χ1) is 12.8. The molecular weight excluding hydrogens is 589 g/mol. The molecule has 30 heavy (non-hydrogen) atoms. The van der Waals surface area contributed by atoms with Crippen molar-refractivity contribution in [3.05, 3.63) is 67.0 Å². The molecule has 0 fully saturated rings. The van der Waals surface area contributed by atoms with Crippen molar-refractivity contribution >= 4 is 37.1 Å². The summed E-state index contributed by atoms with van der Waals surface area (Å²) in [6, 6.07) is 16.6. The number of carboxylic acid groups (broad SMARTS) is 1. The Bertz CT molecular complexity index is 773. The smallest absolute Gasteiger partial charge is 0.0708 e. The van der Waals surface area contributed by atoms with Crippen molar-refractivity contribution in [2.45, 2.75) is 28.2 Å². The van der Waals surface area contributed by atoms with E-state index in [1.54, 1.807) is 39.5 Å². The Morgan fingerprint density at radius 3 is 1.77 bits per heavy atom. The number of benzene rings is 2. The number of aliphatic carboxylic acids is 1. The van der Waals surface area contributed by atoms with Gasteiger partial charge in [0.2, 0.25) is 0 Å². The quantitative estimate of drug-likeness (QED) is 0.274. The minimum atomic E-state index is -0.757. The third-order valence-electron chi connectivity index (χ3n) is 3.24. The number of pyridine rings is 1. The summed E-state index contributed by atoms with van der Waals surface area (Å²) >= 11 is 1.61. The maximum atomic E-state index is 10.0. The van der Waals surface area contributed by atoms with E-state index in [4.69, 9.17) is 15.3 Å². The van der Waals surface area contributed by atoms with Crippen LogP contribution in [-0.2, 0) is 23.6 Å². The topological polar surface area (TPSA) is 158 Å². The van der Waals surface area contributed by atoms with E-state index in [0.29, 0.717) is 0 Å². The molecule has 7 nitrogen and oxygen atoms in total. The fraction of sp³-hybridized carbons (Fsp3) is 0.333. The predicted octanol–water partition coefficient (Wildman–Crippen LogP) is 6.23. The fourth-order valence-electron chi connectivity index (χ4n) is 1.81. The maximum absolute atomic E-state index is 10.0. The van der Waals surface area contributed by atoms with Crippen molar-refractivity contribution in [1.82, 2.24) is 4.98 Å². The van der Waals surface area contributed by atoms with Crippen LogP contribution in [0, 0.1) is 5.41 Å². The summed E-state index contributed by atoms with van der Waals surface area (Å²) in [7, 11) is 4.61. The molecule has 0 aliphatic rings. The molecular formula is C21H33ClN3O4Pt-2. The molecule has 9 heteroatoms. The second-order valence-corrected chi connectivity index (χ2v) is 6.36. The van der Waals surface area contributed by atoms with E-state index in [-0.39, 0.29) is 32.9 Å². The molecule has 0 aliphatic heterocycles. The van der Waals surface area contributed by atoms with Gasteiger partial charge in [0, 0.05) is 17.0 Å². The zero-order chi connectivity index (χ0) is 20.9. The van der Waals surface area contributed by atoms with Gasteiger partial charge in [-0.15, -0.1) is 0 Å². The first kappa shape index (κ1) is 35.8. The number of nitrogens with two attached hydrogens (primary N) is 2. The number of para-hydroxylation sites is 1. The van der Waals surface area contributed by atoms with Crippen LogP contribution >= 0.6 is 9.42 Å². The monoisotopic (exact) mass is 621 g/mol. The Morgan fingerprint density at radius 2 is 1.33 bits per heavy atom. The molecule has 1 heterocycles. The largest absolute Gasteiger partial charge is 0.693 e. The van der Waals surface area contributed by atoms with Gasteiger partial charge in [-0.3, -0.25) is 9.78 Å². The minimum Gasteiger partial charge on any atom is -0.693 e. The van der Waals surface area contributed by atoms with Crippen molar-refractivity contribution in [2.24, 2.45) is 5.41 Å². The van der Waals surface area contributed by atoms with Crippen LogP contribution in [0.1, 0.15) is 28.2 Å². The van der Waals surface area contributed by atoms with Crippen molar-refractivity contribution in [1.29, 1.82) is 0 Å². The van der Waals surface area contributed by atoms with Gasteiger partial charge in [-0.1, -0.05) is 49.9 Å². The Morgan fingerprint density at radius 1 is 0.933 bits per heavy atom. The average Bonchev–Trinajstić information content (AvgIpc) is 2.69. The van der Waals surface area contributed by atoms with Crippen LogP contribution in [0.4, 0.5) is 0 Å². The molecule has 175 valence electrons. The first-order valence-electron chi connectivity index (χ1n) is 8.10. The Labute approximate surface area is 194 Å². The number of hydrogen-bond acceptors (Lipinski definition) is 4. The molecule has 2 aromatic carbocycles. The second-order valence-electron chi connectivity index (χ2n) is 6.36. The molecule has 3 aromatic rings. The predicted molar refractivity (Wildman–Crippen MR) is 124 cm³/mol. The van der Waals surface area contributed by atoms with Gasteiger partial charge in [-0.05, 0) is 32.2 Å². The minimum absolute atomic E-state index is 0. The molecule has 0 saturated heterocycles. The molecule has 1 aromatic heterocycles. The van der Waals surface area contributed by atoms with Crippen molar-refractivity contribution < 1.29 is 38.9 Å². The van der Waals surface area contributed by atoms with E-state index in [2.05, 4.69) is 44.7 Å². The third kappa shape index (κ3) is 12.9. The van der Waals surface area contributed by atoms with Crippen LogP contribution < -0.4 is 0 Å². The number of aliphatic hydroxyl groups excluding tert-OH is 2. The van der Waals surface area contributed by atoms with Crippen LogP contribution in [0.2, 0.25) is 0 Å². The van der Waals surface area contributed by atoms with Gasteiger partial charge < -0.3 is 27.6 Å². The van der Waals surface area contributed by atoms with E-state index < -0.39 is 11.4 Å². The molecule has 0 atom stereocenters. The van der Waals surface area contributed by atoms with Gasteiger partial charge in [0.25, 0.3) is 0 Å². The molecule has 0 aliphatic carbocycles. The molecule has 0 bridgehead atoms. The standard InChI is InChI=1S/C13H9N.C5H10O2.C2H6O2.CH4.ClH.2H2N.Pt/c1-2-6-11-10(5-1)9-14-13-8-4-3-7-12(11)13;1-5(2,3)4(6)7;3-1-2-4;;;;;/h1-9H;1-3H3,(H,6,7);3-4H,1-2H2;1H4;1H;2*1H2;/q;;;;;2*-1;+1/p-1. The van der Waals surface area contributed by atoms with E-state index in [0.717, 1.165) is 5.52 Å². The van der Waals surface area contributed by atoms with Crippen molar-refractivity contribution in [3.63, 3.8) is 0 Å². The zero-order valence-electron chi connectivity index (χ0n) is 16.7. The summed E-state index contributed by atoms with van der Waals surface area (Å²) in [4.78, 5) is 14.4. The number of carboxylic acids is 1. The van der Waals surface area contributed by atoms with Gasteiger partial charge in [0.1, 0.15) is 0 Å². The van der Waals surface area contributed by atoms with Crippen LogP contribution in [0.25, 0.3) is 34.0 Å². The molecule has 7 N–H and O–H groups in total. The third-order valence-corrected chi connectivity index (χ3v) is 3.24. The van der Waals surface area contributed by atoms with Crippen LogP contribution in [-0.4, -0.2) is 39.5 Å². The normalized spacial score (nSPS) is 8.93. The molecule has 3 rings (SSSR count). The van der Waals surface area contributed by atoms with E-state index in [1.807, 2.05) is 24.4 Å². The van der Waals surface area contributed by atoms with E-state index in [1.165, 1.54) is 16.2 Å². The number of fused-ring (bicyclic) bond motifs is 3. The van der Waals surface area contributed by atoms with Crippen LogP contribution in [0.3, 0.4) is 0 Å². The Kier molecular flexibility index (Phi) is 23.1. The van der Waals surface area contributed by atoms with Gasteiger partial charge in [0.15, 0.2) is 0 Å². The molecule has 0 unspecified atom stereocenters. The summed E-state index contributed by atoms with van der Waals surface area (Å²) < 4.78 is 0. The summed E-state index contributed by atoms with van der Waals surface area (Å²) in [5.74, 6) is -0.757. The maximum Gasteiger partial charge on any atom is 0.0708 e. The van der Waals surface area contributed by atoms with Crippen LogP contribution in [0.5, 0.6) is 0 Å². The number of halogens is 1. The Balaban J connectivity index is -0.000000184. The number of rotatable bonds is 1. The van der Waals surface area contributed by atoms with Gasteiger partial charge in [0.05, 0.1) is 24.1 Å². The average molecular weight is 622 g/mol. The van der Waals surface area contributed by atoms with E-state index in [9.17, 15) is 4.79 Å². The zero-order valence-corrected chi connectivity index (χ0v) is 19.7. The summed E-state index contributed by atoms with van der Waals surface area (Å²) in [6.07, 6.45) is 1.93. The molecule has 0 saturated carbocycles. The second kappa shape index (κ2) is 19.4. The number of carbonyl (C=O) groups is 1. The number of aromatic nitrogens is 1. The van der Waals surface area contributed by atoms with Crippen LogP contribution in [0.15, 0.2) is 54.7 Å². The van der Waals surface area contributed by atoms with Gasteiger partial charge in [-0.25, -0.2) is 0 Å². The first-order valence-corrected chi connectivity index (χ1v) is 10.9. The van der Waals surface area contributed by atoms with Crippen molar-refractivity contribution in [2.75, 3.05) is 13.2 Å². The van der Waals surface area contributed by atoms with Crippen molar-refractivity contribution in [3.8, 4) is 0 Å². The SMILES string of the molecule is C.CC(C)(C)C(=O)O.OCCO.[Cl][Pt].[NH2-].[NH2-].c1ccc2c(c1)cnc1ccccc12. The summed E-state index contributed by atoms with van der Waals surface area (Å²) in [5.41, 5.74) is 0.478. The molecule has 0 spiro atoms. The number of hydrogen-bond donors (Lipinski definition) is 3. The number of nitrogens with zero attached hydrogens (tertiary/aromatic N) is 1.